The summed E-state index contributed by atoms with van der Waals surface area (Å²) in [5.74, 6) is -9.59. The van der Waals surface area contributed by atoms with Crippen LogP contribution in [-0.4, -0.2) is 268 Å². The molecule has 564 valence electrons. The molecular formula is C72H132N12O13S. The standard InChI is InChI=1S/C72H132N12O13S/c1-28-33-35-48(18)60(85)59-64(89)75-52(31-4)66(91)83(27)72(98-37-34-36-84(32-5)47(16)17)71(96)80(24)56(41-97-51(29-2)30-3)63(88)76-57(45(12)13)69(94)77(21)53(38-42(6)7)62(87)73-49(19)61(86)74-50(20)65(90)78(22)54(39-43(8)9)67(92)79(23)55(40-44(10)11)68(93)81(25)58(46(14)15)70(95)82(59)26/h28,33,42-60,72,85H,29-32,34-41H2,1-27H3,(H,73,87)(H,74,86)(H,75,89)(H,76,88)/b33-28+/t48-,49+,50-,52+,53+,54+,55+,56+,57+,58+,59+,60-,72-/m1/s1. The van der Waals surface area contributed by atoms with Crippen molar-refractivity contribution in [3.63, 3.8) is 0 Å². The predicted octanol–water partition coefficient (Wildman–Crippen LogP) is 5.61. The maximum Gasteiger partial charge on any atom is 0.256 e. The lowest BCUT2D eigenvalue weighted by atomic mass is 9.91. The number of likely N-dealkylation sites (N-methyl/N-ethyl adjacent to an activating group) is 7. The number of hydrogen-bond donors (Lipinski definition) is 5. The van der Waals surface area contributed by atoms with Crippen molar-refractivity contribution in [1.82, 2.24) is 60.5 Å². The highest BCUT2D eigenvalue weighted by Gasteiger charge is 2.47. The van der Waals surface area contributed by atoms with E-state index in [2.05, 4.69) is 46.9 Å². The Morgan fingerprint density at radius 3 is 1.45 bits per heavy atom. The van der Waals surface area contributed by atoms with Crippen LogP contribution in [0.25, 0.3) is 0 Å². The fourth-order valence-corrected chi connectivity index (χ4v) is 13.5. The SMILES string of the molecule is C/C=C/C[C@@H](C)[C@@H](O)[C@H]1C(=O)N[C@@H](CC)C(=O)N(C)[C@H](SCCCN(CC)C(C)C)C(=O)N(C)[C@@H](COC(CC)CC)C(=O)N[C@@H](C(C)C)C(=O)N(C)[C@@H](CC(C)C)C(=O)N[C@@H](C)C(=O)N[C@H](C)C(=O)N(C)[C@@H](CC(C)C)C(=O)N(C)[C@@H](CC(C)C)C(=O)N(C)[C@@H](C(C)C)C(=O)N1C. The molecule has 0 spiro atoms. The van der Waals surface area contributed by atoms with Gasteiger partial charge in [-0.25, -0.2) is 0 Å². The summed E-state index contributed by atoms with van der Waals surface area (Å²) in [6, 6.07) is -12.7. The van der Waals surface area contributed by atoms with Crippen LogP contribution in [0.5, 0.6) is 0 Å². The van der Waals surface area contributed by atoms with Crippen LogP contribution in [-0.2, 0) is 57.5 Å². The molecule has 11 amide bonds. The zero-order valence-corrected chi connectivity index (χ0v) is 65.8. The molecule has 0 aromatic rings. The van der Waals surface area contributed by atoms with Crippen LogP contribution in [0.2, 0.25) is 0 Å². The van der Waals surface area contributed by atoms with E-state index in [4.69, 9.17) is 4.74 Å². The molecule has 1 aliphatic rings. The summed E-state index contributed by atoms with van der Waals surface area (Å²) in [5, 5.41) is 22.3. The lowest BCUT2D eigenvalue weighted by Gasteiger charge is -2.41. The summed E-state index contributed by atoms with van der Waals surface area (Å²) in [4.78, 5) is 176. The smallest absolute Gasteiger partial charge is 0.256 e. The molecule has 13 atom stereocenters. The summed E-state index contributed by atoms with van der Waals surface area (Å²) >= 11 is 1.18. The topological polar surface area (TPSA) is 291 Å². The fourth-order valence-electron chi connectivity index (χ4n) is 12.4. The maximum atomic E-state index is 15.6. The Morgan fingerprint density at radius 1 is 0.510 bits per heavy atom. The van der Waals surface area contributed by atoms with Gasteiger partial charge in [0.15, 0.2) is 5.37 Å². The minimum Gasteiger partial charge on any atom is -0.390 e. The second kappa shape index (κ2) is 43.1. The first-order valence-corrected chi connectivity index (χ1v) is 37.0. The van der Waals surface area contributed by atoms with Gasteiger partial charge in [-0.2, -0.15) is 0 Å². The average Bonchev–Trinajstić information content (AvgIpc) is 0.804. The molecule has 98 heavy (non-hydrogen) atoms. The highest BCUT2D eigenvalue weighted by molar-refractivity contribution is 8.00. The van der Waals surface area contributed by atoms with Crippen molar-refractivity contribution in [3.05, 3.63) is 12.2 Å². The van der Waals surface area contributed by atoms with Gasteiger partial charge in [-0.15, -0.1) is 11.8 Å². The number of carbonyl (C=O) groups is 11. The molecule has 0 aromatic carbocycles. The van der Waals surface area contributed by atoms with E-state index in [1.165, 1.54) is 104 Å². The first kappa shape index (κ1) is 90.2. The molecule has 0 aromatic heterocycles. The summed E-state index contributed by atoms with van der Waals surface area (Å²) in [6.45, 7) is 37.5. The van der Waals surface area contributed by atoms with Gasteiger partial charge >= 0.3 is 0 Å². The van der Waals surface area contributed by atoms with Crippen LogP contribution in [0.15, 0.2) is 12.2 Å². The van der Waals surface area contributed by atoms with Crippen molar-refractivity contribution < 1.29 is 62.6 Å². The molecule has 0 unspecified atom stereocenters. The van der Waals surface area contributed by atoms with E-state index in [0.29, 0.717) is 38.0 Å². The van der Waals surface area contributed by atoms with Crippen LogP contribution < -0.4 is 21.3 Å². The highest BCUT2D eigenvalue weighted by atomic mass is 32.2. The second-order valence-corrected chi connectivity index (χ2v) is 30.4. The third-order valence-electron chi connectivity index (χ3n) is 18.9. The zero-order chi connectivity index (χ0) is 75.7. The molecule has 0 bridgehead atoms. The quantitative estimate of drug-likeness (QED) is 0.0549. The van der Waals surface area contributed by atoms with E-state index in [1.807, 2.05) is 68.4 Å². The van der Waals surface area contributed by atoms with Gasteiger partial charge < -0.3 is 70.3 Å². The van der Waals surface area contributed by atoms with Gasteiger partial charge in [-0.3, -0.25) is 52.7 Å². The van der Waals surface area contributed by atoms with E-state index in [1.54, 1.807) is 47.6 Å². The minimum absolute atomic E-state index is 0.0117. The maximum absolute atomic E-state index is 15.6. The van der Waals surface area contributed by atoms with Gasteiger partial charge in [0.1, 0.15) is 60.4 Å². The summed E-state index contributed by atoms with van der Waals surface area (Å²) in [6.07, 6.45) is 4.20. The number of amides is 11. The van der Waals surface area contributed by atoms with E-state index in [-0.39, 0.29) is 62.2 Å². The van der Waals surface area contributed by atoms with Crippen molar-refractivity contribution in [1.29, 1.82) is 0 Å². The third kappa shape index (κ3) is 25.9. The summed E-state index contributed by atoms with van der Waals surface area (Å²) in [7, 11) is 10.0. The van der Waals surface area contributed by atoms with Crippen molar-refractivity contribution in [3.8, 4) is 0 Å². The highest BCUT2D eigenvalue weighted by Crippen LogP contribution is 2.27. The molecule has 0 aliphatic carbocycles. The molecule has 1 aliphatic heterocycles. The predicted molar refractivity (Wildman–Crippen MR) is 388 cm³/mol. The Morgan fingerprint density at radius 2 is 0.980 bits per heavy atom. The number of ether oxygens (including phenoxy) is 1. The summed E-state index contributed by atoms with van der Waals surface area (Å²) < 4.78 is 6.35. The molecule has 1 rings (SSSR count). The van der Waals surface area contributed by atoms with Crippen LogP contribution in [0.3, 0.4) is 0 Å². The Balaban J connectivity index is 4.64. The number of nitrogens with one attached hydrogen (secondary N) is 4. The molecule has 1 heterocycles. The Bertz CT molecular complexity index is 2620. The molecule has 26 heteroatoms. The molecule has 0 saturated carbocycles. The van der Waals surface area contributed by atoms with Crippen molar-refractivity contribution in [2.24, 2.45) is 35.5 Å². The van der Waals surface area contributed by atoms with Gasteiger partial charge in [-0.1, -0.05) is 116 Å². The normalized spacial score (nSPS) is 25.8. The number of nitrogens with zero attached hydrogens (tertiary/aromatic N) is 8. The van der Waals surface area contributed by atoms with Crippen molar-refractivity contribution in [2.75, 3.05) is 74.8 Å². The van der Waals surface area contributed by atoms with E-state index in [9.17, 15) is 24.3 Å². The largest absolute Gasteiger partial charge is 0.390 e. The van der Waals surface area contributed by atoms with Gasteiger partial charge in [0.25, 0.3) is 5.91 Å². The number of aliphatic hydroxyl groups excluding tert-OH is 1. The van der Waals surface area contributed by atoms with Crippen LogP contribution in [0.1, 0.15) is 190 Å². The van der Waals surface area contributed by atoms with E-state index < -0.39 is 155 Å². The Labute approximate surface area is 593 Å². The van der Waals surface area contributed by atoms with Gasteiger partial charge in [-0.05, 0) is 140 Å². The second-order valence-electron chi connectivity index (χ2n) is 29.2. The molecule has 5 N–H and O–H groups in total. The number of rotatable bonds is 25. The molecule has 25 nitrogen and oxygen atoms in total. The molecule has 1 saturated heterocycles. The minimum atomic E-state index is -1.65. The Kier molecular flexibility index (Phi) is 39.6. The number of carbonyl (C=O) groups excluding carboxylic acids is 11. The van der Waals surface area contributed by atoms with E-state index >= 15 is 33.6 Å². The number of thioether (sulfide) groups is 1. The van der Waals surface area contributed by atoms with E-state index in [0.717, 1.165) is 11.4 Å². The van der Waals surface area contributed by atoms with Crippen molar-refractivity contribution in [2.45, 2.75) is 274 Å². The molecule has 1 fully saturated rings. The first-order valence-electron chi connectivity index (χ1n) is 35.9. The van der Waals surface area contributed by atoms with Crippen LogP contribution in [0, 0.1) is 35.5 Å². The lowest BCUT2D eigenvalue weighted by Crippen LogP contribution is -2.64. The molecule has 0 radical (unpaired) electrons. The first-order chi connectivity index (χ1) is 45.6. The van der Waals surface area contributed by atoms with Gasteiger partial charge in [0, 0.05) is 55.4 Å². The van der Waals surface area contributed by atoms with Crippen LogP contribution >= 0.6 is 11.8 Å². The monoisotopic (exact) mass is 1400 g/mol. The molecular weight excluding hydrogens is 1270 g/mol. The van der Waals surface area contributed by atoms with Crippen molar-refractivity contribution >= 4 is 76.7 Å². The third-order valence-corrected chi connectivity index (χ3v) is 20.3. The lowest BCUT2D eigenvalue weighted by molar-refractivity contribution is -0.157. The fraction of sp³-hybridized carbons (Fsp3) is 0.819. The zero-order valence-electron chi connectivity index (χ0n) is 65.0. The number of allylic oxidation sites excluding steroid dienone is 2. The van der Waals surface area contributed by atoms with Gasteiger partial charge in [0.05, 0.1) is 18.8 Å². The summed E-state index contributed by atoms with van der Waals surface area (Å²) in [5.41, 5.74) is 0. The average molecular weight is 1410 g/mol. The Hall–Kier alpha value is -5.86. The number of hydrogen-bond acceptors (Lipinski definition) is 15. The van der Waals surface area contributed by atoms with Gasteiger partial charge in [0.2, 0.25) is 59.1 Å². The van der Waals surface area contributed by atoms with Crippen LogP contribution in [0.4, 0.5) is 0 Å². The number of aliphatic hydroxyl groups is 1.